The zero-order chi connectivity index (χ0) is 17.1. The molecule has 3 nitrogen and oxygen atoms in total. The maximum atomic E-state index is 5.64. The molecular weight excluding hydrogens is 471 g/mol. The number of aromatic amines is 1. The number of rotatable bonds is 6. The van der Waals surface area contributed by atoms with Crippen molar-refractivity contribution in [3.8, 4) is 11.3 Å². The first-order chi connectivity index (χ1) is 12.3. The summed E-state index contributed by atoms with van der Waals surface area (Å²) in [5.41, 5.74) is 10.7. The number of hydrogen-bond donors (Lipinski definition) is 2. The van der Waals surface area contributed by atoms with Crippen molar-refractivity contribution in [1.29, 1.82) is 0 Å². The molecule has 3 aromatic rings. The second kappa shape index (κ2) is 11.4. The van der Waals surface area contributed by atoms with E-state index in [1.165, 1.54) is 45.6 Å². The Kier molecular flexibility index (Phi) is 9.85. The van der Waals surface area contributed by atoms with Crippen LogP contribution in [0.3, 0.4) is 0 Å². The van der Waals surface area contributed by atoms with Crippen molar-refractivity contribution in [2.45, 2.75) is 24.2 Å². The van der Waals surface area contributed by atoms with Crippen LogP contribution in [0.5, 0.6) is 0 Å². The summed E-state index contributed by atoms with van der Waals surface area (Å²) in [6, 6.07) is 17.7. The van der Waals surface area contributed by atoms with Crippen LogP contribution >= 0.6 is 11.8 Å². The molecule has 4 rings (SSSR count). The van der Waals surface area contributed by atoms with Crippen molar-refractivity contribution in [2.75, 3.05) is 30.3 Å². The van der Waals surface area contributed by atoms with Crippen LogP contribution in [0.2, 0.25) is 0 Å². The van der Waals surface area contributed by atoms with E-state index in [1.54, 1.807) is 0 Å². The number of para-hydroxylation sites is 1. The predicted octanol–water partition coefficient (Wildman–Crippen LogP) is 2.33. The number of benzene rings is 2. The number of thioether (sulfide) groups is 1. The number of nitrogens with one attached hydrogen (secondary N) is 1. The summed E-state index contributed by atoms with van der Waals surface area (Å²) in [7, 11) is 0. The van der Waals surface area contributed by atoms with Crippen molar-refractivity contribution < 1.29 is 68.9 Å². The summed E-state index contributed by atoms with van der Waals surface area (Å²) in [5, 5.41) is 1.27. The summed E-state index contributed by atoms with van der Waals surface area (Å²) in [6.45, 7) is 3.08. The van der Waals surface area contributed by atoms with E-state index in [9.17, 15) is 0 Å². The number of hydrogen-bond acceptors (Lipinski definition) is 3. The summed E-state index contributed by atoms with van der Waals surface area (Å²) >= 11 is 1.90. The SMILES string of the molecule is NCCCSc1ccc(N2CCCC2)c(-c2cc3ccccc3[nH]2)c1.[CH3-].[Cs+]. The Morgan fingerprint density at radius 1 is 1.04 bits per heavy atom. The third kappa shape index (κ3) is 5.60. The number of nitrogens with two attached hydrogens (primary N) is 1. The van der Waals surface area contributed by atoms with E-state index in [0.717, 1.165) is 31.8 Å². The van der Waals surface area contributed by atoms with Crippen LogP contribution in [0, 0.1) is 7.43 Å². The Bertz CT molecular complexity index is 823. The summed E-state index contributed by atoms with van der Waals surface area (Å²) in [4.78, 5) is 7.46. The smallest absolute Gasteiger partial charge is 0.371 e. The molecule has 0 saturated carbocycles. The van der Waals surface area contributed by atoms with Gasteiger partial charge in [0, 0.05) is 45.8 Å². The van der Waals surface area contributed by atoms with Gasteiger partial charge in [-0.25, -0.2) is 0 Å². The molecule has 27 heavy (non-hydrogen) atoms. The van der Waals surface area contributed by atoms with Crippen molar-refractivity contribution in [3.05, 3.63) is 56.0 Å². The van der Waals surface area contributed by atoms with Gasteiger partial charge in [0.1, 0.15) is 0 Å². The first-order valence-electron chi connectivity index (χ1n) is 9.15. The van der Waals surface area contributed by atoms with E-state index < -0.39 is 0 Å². The van der Waals surface area contributed by atoms with Crippen molar-refractivity contribution in [2.24, 2.45) is 5.73 Å². The van der Waals surface area contributed by atoms with Gasteiger partial charge in [-0.1, -0.05) is 18.2 Å². The first-order valence-corrected chi connectivity index (χ1v) is 10.1. The van der Waals surface area contributed by atoms with Gasteiger partial charge in [0.15, 0.2) is 0 Å². The monoisotopic (exact) mass is 499 g/mol. The molecule has 2 heterocycles. The van der Waals surface area contributed by atoms with Crippen LogP contribution in [0.15, 0.2) is 53.4 Å². The second-order valence-corrected chi connectivity index (χ2v) is 7.80. The second-order valence-electron chi connectivity index (χ2n) is 6.63. The van der Waals surface area contributed by atoms with Crippen LogP contribution in [0.25, 0.3) is 22.2 Å². The number of fused-ring (bicyclic) bond motifs is 1. The van der Waals surface area contributed by atoms with Crippen molar-refractivity contribution in [3.63, 3.8) is 0 Å². The zero-order valence-corrected chi connectivity index (χ0v) is 23.6. The molecular formula is C22H28CsN3S. The molecule has 1 saturated heterocycles. The number of aromatic nitrogens is 1. The Morgan fingerprint density at radius 2 is 1.81 bits per heavy atom. The van der Waals surface area contributed by atoms with Gasteiger partial charge in [0.25, 0.3) is 0 Å². The number of anilines is 1. The van der Waals surface area contributed by atoms with E-state index >= 15 is 0 Å². The molecule has 5 heteroatoms. The molecule has 0 unspecified atom stereocenters. The molecule has 0 spiro atoms. The third-order valence-corrected chi connectivity index (χ3v) is 5.93. The number of H-pyrrole nitrogens is 1. The van der Waals surface area contributed by atoms with Gasteiger partial charge in [-0.05, 0) is 61.9 Å². The molecule has 138 valence electrons. The average Bonchev–Trinajstić information content (AvgIpc) is 3.31. The standard InChI is InChI=1S/C21H25N3S.CH3.Cs/c22-10-5-13-25-17-8-9-21(24-11-3-4-12-24)18(15-17)20-14-16-6-1-2-7-19(16)23-20;;/h1-2,6-9,14-15,23H,3-5,10-13,22H2;1H3;/q;-1;+1. The van der Waals surface area contributed by atoms with Gasteiger partial charge < -0.3 is 23.0 Å². The van der Waals surface area contributed by atoms with Gasteiger partial charge in [0.05, 0.1) is 0 Å². The van der Waals surface area contributed by atoms with Crippen LogP contribution in [0.1, 0.15) is 19.3 Å². The summed E-state index contributed by atoms with van der Waals surface area (Å²) < 4.78 is 0. The molecule has 0 radical (unpaired) electrons. The van der Waals surface area contributed by atoms with Crippen LogP contribution in [0.4, 0.5) is 5.69 Å². The third-order valence-electron chi connectivity index (χ3n) is 4.85. The minimum Gasteiger partial charge on any atom is -0.371 e. The van der Waals surface area contributed by atoms with E-state index in [-0.39, 0.29) is 76.3 Å². The minimum atomic E-state index is 0. The Balaban J connectivity index is 0.00000131. The van der Waals surface area contributed by atoms with Gasteiger partial charge in [-0.15, -0.1) is 11.8 Å². The van der Waals surface area contributed by atoms with Crippen LogP contribution < -0.4 is 79.5 Å². The molecule has 1 fully saturated rings. The fraction of sp³-hybridized carbons (Fsp3) is 0.318. The van der Waals surface area contributed by atoms with Crippen molar-refractivity contribution in [1.82, 2.24) is 4.98 Å². The fourth-order valence-electron chi connectivity index (χ4n) is 3.55. The van der Waals surface area contributed by atoms with E-state index in [4.69, 9.17) is 5.73 Å². The molecule has 1 aliphatic heterocycles. The first kappa shape index (κ1) is 23.4. The van der Waals surface area contributed by atoms with Crippen molar-refractivity contribution >= 4 is 28.4 Å². The molecule has 1 aliphatic rings. The molecule has 3 N–H and O–H groups in total. The van der Waals surface area contributed by atoms with E-state index in [0.29, 0.717) is 0 Å². The van der Waals surface area contributed by atoms with E-state index in [1.807, 2.05) is 11.8 Å². The van der Waals surface area contributed by atoms with Crippen LogP contribution in [-0.4, -0.2) is 30.4 Å². The average molecular weight is 499 g/mol. The maximum absolute atomic E-state index is 5.64. The molecule has 2 aromatic carbocycles. The Hall–Kier alpha value is 0.142. The van der Waals surface area contributed by atoms with Gasteiger partial charge in [0.2, 0.25) is 0 Å². The maximum Gasteiger partial charge on any atom is 1.00 e. The van der Waals surface area contributed by atoms with Crippen LogP contribution in [-0.2, 0) is 0 Å². The zero-order valence-electron chi connectivity index (χ0n) is 16.5. The normalized spacial score (nSPS) is 13.4. The Morgan fingerprint density at radius 3 is 2.56 bits per heavy atom. The molecule has 0 aliphatic carbocycles. The Labute approximate surface area is 226 Å². The number of nitrogens with zero attached hydrogens (tertiary/aromatic N) is 1. The van der Waals surface area contributed by atoms with Gasteiger partial charge >= 0.3 is 68.9 Å². The molecule has 1 aromatic heterocycles. The fourth-order valence-corrected chi connectivity index (χ4v) is 4.46. The largest absolute Gasteiger partial charge is 1.00 e. The molecule has 0 atom stereocenters. The predicted molar refractivity (Wildman–Crippen MR) is 116 cm³/mol. The van der Waals surface area contributed by atoms with Gasteiger partial charge in [-0.3, -0.25) is 0 Å². The summed E-state index contributed by atoms with van der Waals surface area (Å²) in [5.74, 6) is 1.08. The van der Waals surface area contributed by atoms with Gasteiger partial charge in [-0.2, -0.15) is 0 Å². The molecule has 0 amide bonds. The topological polar surface area (TPSA) is 45.0 Å². The minimum absolute atomic E-state index is 0. The quantitative estimate of drug-likeness (QED) is 0.311. The summed E-state index contributed by atoms with van der Waals surface area (Å²) in [6.07, 6.45) is 3.64. The van der Waals surface area contributed by atoms with E-state index in [2.05, 4.69) is 58.4 Å². The molecule has 0 bridgehead atoms.